The summed E-state index contributed by atoms with van der Waals surface area (Å²) in [7, 11) is 0. The third-order valence-electron chi connectivity index (χ3n) is 4.05. The molecule has 2 amide bonds. The molecule has 1 aliphatic rings. The molecule has 146 valence electrons. The SMILES string of the molecule is Cc1cc(C)nc(C(=O)NC2=CC(NC(=O)COc3ccc(Cl)c(F)c3)C2)c1. The van der Waals surface area contributed by atoms with Gasteiger partial charge in [-0.15, -0.1) is 0 Å². The van der Waals surface area contributed by atoms with Crippen LogP contribution < -0.4 is 15.4 Å². The van der Waals surface area contributed by atoms with Gasteiger partial charge < -0.3 is 15.4 Å². The fraction of sp³-hybridized carbons (Fsp3) is 0.250. The van der Waals surface area contributed by atoms with Gasteiger partial charge in [-0.3, -0.25) is 9.59 Å². The Labute approximate surface area is 166 Å². The molecular formula is C20H19ClFN3O3. The van der Waals surface area contributed by atoms with Crippen LogP contribution in [0.4, 0.5) is 4.39 Å². The molecule has 0 radical (unpaired) electrons. The first-order valence-corrected chi connectivity index (χ1v) is 9.02. The second-order valence-corrected chi connectivity index (χ2v) is 6.97. The van der Waals surface area contributed by atoms with Crippen molar-refractivity contribution in [3.8, 4) is 5.75 Å². The Hall–Kier alpha value is -2.93. The molecule has 1 heterocycles. The van der Waals surface area contributed by atoms with Crippen molar-refractivity contribution >= 4 is 23.4 Å². The van der Waals surface area contributed by atoms with Gasteiger partial charge in [0, 0.05) is 23.9 Å². The molecule has 0 fully saturated rings. The average molecular weight is 404 g/mol. The van der Waals surface area contributed by atoms with Crippen molar-refractivity contribution in [2.45, 2.75) is 26.3 Å². The van der Waals surface area contributed by atoms with E-state index in [1.807, 2.05) is 19.9 Å². The topological polar surface area (TPSA) is 80.3 Å². The van der Waals surface area contributed by atoms with E-state index in [-0.39, 0.29) is 35.2 Å². The maximum absolute atomic E-state index is 13.3. The lowest BCUT2D eigenvalue weighted by Gasteiger charge is -2.26. The average Bonchev–Trinajstić information content (AvgIpc) is 2.60. The van der Waals surface area contributed by atoms with Crippen LogP contribution in [0.5, 0.6) is 5.75 Å². The van der Waals surface area contributed by atoms with E-state index in [4.69, 9.17) is 16.3 Å². The van der Waals surface area contributed by atoms with Gasteiger partial charge in [-0.2, -0.15) is 0 Å². The number of carbonyl (C=O) groups excluding carboxylic acids is 2. The van der Waals surface area contributed by atoms with Crippen molar-refractivity contribution in [2.75, 3.05) is 6.61 Å². The smallest absolute Gasteiger partial charge is 0.274 e. The standard InChI is InChI=1S/C20H19ClFN3O3/c1-11-5-12(2)23-18(6-11)20(27)25-14-7-13(8-14)24-19(26)10-28-15-3-4-16(21)17(22)9-15/h3-7,9,13H,8,10H2,1-2H3,(H,24,26)(H,25,27). The van der Waals surface area contributed by atoms with Gasteiger partial charge in [-0.1, -0.05) is 11.6 Å². The molecule has 8 heteroatoms. The van der Waals surface area contributed by atoms with Gasteiger partial charge in [0.25, 0.3) is 11.8 Å². The number of pyridine rings is 1. The molecule has 0 bridgehead atoms. The van der Waals surface area contributed by atoms with E-state index in [1.165, 1.54) is 12.1 Å². The van der Waals surface area contributed by atoms with Crippen molar-refractivity contribution in [1.29, 1.82) is 0 Å². The van der Waals surface area contributed by atoms with E-state index in [9.17, 15) is 14.0 Å². The summed E-state index contributed by atoms with van der Waals surface area (Å²) < 4.78 is 18.6. The fourth-order valence-corrected chi connectivity index (χ4v) is 2.88. The minimum Gasteiger partial charge on any atom is -0.484 e. The lowest BCUT2D eigenvalue weighted by Crippen LogP contribution is -2.43. The number of ether oxygens (including phenoxy) is 1. The molecule has 0 aliphatic heterocycles. The summed E-state index contributed by atoms with van der Waals surface area (Å²) >= 11 is 5.59. The van der Waals surface area contributed by atoms with Crippen LogP contribution in [0.2, 0.25) is 5.02 Å². The van der Waals surface area contributed by atoms with Gasteiger partial charge in [0.1, 0.15) is 17.3 Å². The molecule has 0 saturated carbocycles. The molecule has 1 unspecified atom stereocenters. The monoisotopic (exact) mass is 403 g/mol. The van der Waals surface area contributed by atoms with Gasteiger partial charge in [-0.25, -0.2) is 9.37 Å². The molecule has 3 rings (SSSR count). The van der Waals surface area contributed by atoms with Crippen LogP contribution >= 0.6 is 11.6 Å². The largest absolute Gasteiger partial charge is 0.484 e. The van der Waals surface area contributed by atoms with E-state index in [1.54, 1.807) is 12.1 Å². The lowest BCUT2D eigenvalue weighted by atomic mass is 9.99. The summed E-state index contributed by atoms with van der Waals surface area (Å²) in [4.78, 5) is 28.4. The third kappa shape index (κ3) is 5.07. The number of nitrogens with zero attached hydrogens (tertiary/aromatic N) is 1. The molecule has 2 aromatic rings. The van der Waals surface area contributed by atoms with Crippen LogP contribution in [-0.4, -0.2) is 29.4 Å². The molecule has 1 aliphatic carbocycles. The van der Waals surface area contributed by atoms with Crippen molar-refractivity contribution in [3.05, 3.63) is 69.9 Å². The number of aryl methyl sites for hydroxylation is 2. The van der Waals surface area contributed by atoms with Crippen LogP contribution in [0.1, 0.15) is 28.2 Å². The molecular weight excluding hydrogens is 385 g/mol. The first-order chi connectivity index (χ1) is 13.3. The number of amides is 2. The molecule has 1 aromatic carbocycles. The van der Waals surface area contributed by atoms with E-state index < -0.39 is 5.82 Å². The zero-order valence-corrected chi connectivity index (χ0v) is 16.1. The van der Waals surface area contributed by atoms with Gasteiger partial charge in [0.2, 0.25) is 0 Å². The maximum Gasteiger partial charge on any atom is 0.274 e. The summed E-state index contributed by atoms with van der Waals surface area (Å²) in [6.07, 6.45) is 2.25. The quantitative estimate of drug-likeness (QED) is 0.776. The Morgan fingerprint density at radius 1 is 1.29 bits per heavy atom. The Morgan fingerprint density at radius 2 is 2.04 bits per heavy atom. The normalized spacial score (nSPS) is 15.3. The molecule has 6 nitrogen and oxygen atoms in total. The Morgan fingerprint density at radius 3 is 2.71 bits per heavy atom. The van der Waals surface area contributed by atoms with Crippen molar-refractivity contribution in [1.82, 2.24) is 15.6 Å². The number of halogens is 2. The van der Waals surface area contributed by atoms with Crippen LogP contribution in [-0.2, 0) is 4.79 Å². The molecule has 0 saturated heterocycles. The molecule has 1 aromatic heterocycles. The number of aromatic nitrogens is 1. The molecule has 2 N–H and O–H groups in total. The molecule has 1 atom stereocenters. The van der Waals surface area contributed by atoms with E-state index in [0.717, 1.165) is 23.0 Å². The highest BCUT2D eigenvalue weighted by Gasteiger charge is 2.23. The van der Waals surface area contributed by atoms with Gasteiger partial charge in [0.05, 0.1) is 11.1 Å². The minimum atomic E-state index is -0.611. The van der Waals surface area contributed by atoms with Crippen molar-refractivity contribution < 1.29 is 18.7 Å². The summed E-state index contributed by atoms with van der Waals surface area (Å²) in [5, 5.41) is 5.52. The van der Waals surface area contributed by atoms with Gasteiger partial charge in [-0.05, 0) is 49.8 Å². The van der Waals surface area contributed by atoms with E-state index in [2.05, 4.69) is 15.6 Å². The van der Waals surface area contributed by atoms with E-state index in [0.29, 0.717) is 12.1 Å². The summed E-state index contributed by atoms with van der Waals surface area (Å²) in [6.45, 7) is 3.48. The Bertz CT molecular complexity index is 941. The number of carbonyl (C=O) groups is 2. The number of nitrogens with one attached hydrogen (secondary N) is 2. The first kappa shape index (κ1) is 19.8. The Balaban J connectivity index is 1.45. The minimum absolute atomic E-state index is 0.0120. The summed E-state index contributed by atoms with van der Waals surface area (Å²) in [6, 6.07) is 7.38. The second kappa shape index (κ2) is 8.39. The van der Waals surface area contributed by atoms with Gasteiger partial charge in [0.15, 0.2) is 6.61 Å². The van der Waals surface area contributed by atoms with Crippen LogP contribution in [0, 0.1) is 19.7 Å². The zero-order chi connectivity index (χ0) is 20.3. The Kier molecular flexibility index (Phi) is 5.94. The van der Waals surface area contributed by atoms with Gasteiger partial charge >= 0.3 is 0 Å². The number of rotatable bonds is 6. The molecule has 28 heavy (non-hydrogen) atoms. The van der Waals surface area contributed by atoms with Crippen LogP contribution in [0.15, 0.2) is 42.1 Å². The highest BCUT2D eigenvalue weighted by Crippen LogP contribution is 2.20. The second-order valence-electron chi connectivity index (χ2n) is 6.56. The third-order valence-corrected chi connectivity index (χ3v) is 4.36. The van der Waals surface area contributed by atoms with Crippen LogP contribution in [0.25, 0.3) is 0 Å². The summed E-state index contributed by atoms with van der Waals surface area (Å²) in [5.74, 6) is -1.02. The van der Waals surface area contributed by atoms with Crippen LogP contribution in [0.3, 0.4) is 0 Å². The van der Waals surface area contributed by atoms with E-state index >= 15 is 0 Å². The molecule has 0 spiro atoms. The summed E-state index contributed by atoms with van der Waals surface area (Å²) in [5.41, 5.74) is 2.82. The number of hydrogen-bond donors (Lipinski definition) is 2. The zero-order valence-electron chi connectivity index (χ0n) is 15.4. The lowest BCUT2D eigenvalue weighted by molar-refractivity contribution is -0.123. The van der Waals surface area contributed by atoms with Crippen molar-refractivity contribution in [2.24, 2.45) is 0 Å². The highest BCUT2D eigenvalue weighted by atomic mass is 35.5. The predicted octanol–water partition coefficient (Wildman–Crippen LogP) is 3.07. The highest BCUT2D eigenvalue weighted by molar-refractivity contribution is 6.30. The number of hydrogen-bond acceptors (Lipinski definition) is 4. The maximum atomic E-state index is 13.3. The first-order valence-electron chi connectivity index (χ1n) is 8.64. The number of benzene rings is 1. The predicted molar refractivity (Wildman–Crippen MR) is 103 cm³/mol. The fourth-order valence-electron chi connectivity index (χ4n) is 2.76. The van der Waals surface area contributed by atoms with Crippen molar-refractivity contribution in [3.63, 3.8) is 0 Å².